The summed E-state index contributed by atoms with van der Waals surface area (Å²) in [6, 6.07) is 10.1. The number of imidazole rings is 1. The third-order valence-electron chi connectivity index (χ3n) is 2.63. The average molecular weight is 373 g/mol. The average Bonchev–Trinajstić information content (AvgIpc) is 2.74. The molecule has 0 saturated carbocycles. The fourth-order valence-electron chi connectivity index (χ4n) is 1.79. The Bertz CT molecular complexity index is 739. The molecule has 0 radical (unpaired) electrons. The zero-order valence-corrected chi connectivity index (χ0v) is 12.0. The second kappa shape index (κ2) is 4.51. The number of aromatic nitrogens is 2. The molecule has 0 atom stereocenters. The van der Waals surface area contributed by atoms with Crippen LogP contribution in [0.15, 0.2) is 36.4 Å². The Balaban J connectivity index is 2.22. The highest BCUT2D eigenvalue weighted by Gasteiger charge is 2.09. The summed E-state index contributed by atoms with van der Waals surface area (Å²) in [5.74, 6) is 0.418. The smallest absolute Gasteiger partial charge is 0.139 e. The molecule has 2 nitrogen and oxygen atoms in total. The van der Waals surface area contributed by atoms with Crippen molar-refractivity contribution in [1.82, 2.24) is 9.97 Å². The van der Waals surface area contributed by atoms with E-state index in [4.69, 9.17) is 11.6 Å². The van der Waals surface area contributed by atoms with Crippen molar-refractivity contribution in [2.75, 3.05) is 0 Å². The highest BCUT2D eigenvalue weighted by atomic mass is 127. The maximum atomic E-state index is 13.1. The summed E-state index contributed by atoms with van der Waals surface area (Å²) < 4.78 is 14.2. The summed E-state index contributed by atoms with van der Waals surface area (Å²) in [5.41, 5.74) is 2.34. The van der Waals surface area contributed by atoms with Gasteiger partial charge in [-0.15, -0.1) is 0 Å². The highest BCUT2D eigenvalue weighted by Crippen LogP contribution is 2.28. The SMILES string of the molecule is Fc1ccc2nc(-c3cc(Cl)ccc3I)[nH]c2c1. The van der Waals surface area contributed by atoms with Crippen molar-refractivity contribution in [2.24, 2.45) is 0 Å². The number of fused-ring (bicyclic) bond motifs is 1. The van der Waals surface area contributed by atoms with Gasteiger partial charge in [0.25, 0.3) is 0 Å². The van der Waals surface area contributed by atoms with E-state index >= 15 is 0 Å². The fraction of sp³-hybridized carbons (Fsp3) is 0. The van der Waals surface area contributed by atoms with Crippen molar-refractivity contribution in [3.63, 3.8) is 0 Å². The van der Waals surface area contributed by atoms with E-state index in [1.54, 1.807) is 6.07 Å². The summed E-state index contributed by atoms with van der Waals surface area (Å²) in [6.45, 7) is 0. The van der Waals surface area contributed by atoms with E-state index in [9.17, 15) is 4.39 Å². The Morgan fingerprint density at radius 3 is 2.83 bits per heavy atom. The topological polar surface area (TPSA) is 28.7 Å². The molecule has 1 N–H and O–H groups in total. The zero-order valence-electron chi connectivity index (χ0n) is 9.05. The highest BCUT2D eigenvalue weighted by molar-refractivity contribution is 14.1. The van der Waals surface area contributed by atoms with Crippen LogP contribution >= 0.6 is 34.2 Å². The van der Waals surface area contributed by atoms with E-state index in [1.807, 2.05) is 18.2 Å². The van der Waals surface area contributed by atoms with Gasteiger partial charge in [0.05, 0.1) is 11.0 Å². The lowest BCUT2D eigenvalue weighted by molar-refractivity contribution is 0.629. The largest absolute Gasteiger partial charge is 0.338 e. The molecule has 3 rings (SSSR count). The van der Waals surface area contributed by atoms with Crippen LogP contribution in [0.5, 0.6) is 0 Å². The third-order valence-corrected chi connectivity index (χ3v) is 3.80. The number of hydrogen-bond acceptors (Lipinski definition) is 1. The summed E-state index contributed by atoms with van der Waals surface area (Å²) in [7, 11) is 0. The molecule has 1 aromatic heterocycles. The van der Waals surface area contributed by atoms with E-state index in [2.05, 4.69) is 32.6 Å². The molecule has 18 heavy (non-hydrogen) atoms. The van der Waals surface area contributed by atoms with Crippen LogP contribution in [0.4, 0.5) is 4.39 Å². The van der Waals surface area contributed by atoms with Crippen LogP contribution < -0.4 is 0 Å². The van der Waals surface area contributed by atoms with Crippen LogP contribution in [0.25, 0.3) is 22.4 Å². The van der Waals surface area contributed by atoms with Crippen LogP contribution in [-0.4, -0.2) is 9.97 Å². The molecule has 0 aliphatic rings. The van der Waals surface area contributed by atoms with E-state index in [1.165, 1.54) is 12.1 Å². The van der Waals surface area contributed by atoms with Gasteiger partial charge in [-0.2, -0.15) is 0 Å². The number of nitrogens with one attached hydrogen (secondary N) is 1. The first kappa shape index (κ1) is 11.9. The van der Waals surface area contributed by atoms with E-state index in [0.29, 0.717) is 16.4 Å². The van der Waals surface area contributed by atoms with Crippen molar-refractivity contribution < 1.29 is 4.39 Å². The first-order valence-electron chi connectivity index (χ1n) is 5.24. The van der Waals surface area contributed by atoms with Crippen molar-refractivity contribution in [3.05, 3.63) is 50.8 Å². The van der Waals surface area contributed by atoms with Gasteiger partial charge in [0.1, 0.15) is 11.6 Å². The molecule has 0 amide bonds. The first-order chi connectivity index (χ1) is 8.63. The van der Waals surface area contributed by atoms with Crippen LogP contribution in [-0.2, 0) is 0 Å². The summed E-state index contributed by atoms with van der Waals surface area (Å²) >= 11 is 8.20. The standard InChI is InChI=1S/C13H7ClFIN2/c14-7-1-3-10(16)9(5-7)13-17-11-4-2-8(15)6-12(11)18-13/h1-6H,(H,17,18). The number of rotatable bonds is 1. The predicted octanol–water partition coefficient (Wildman–Crippen LogP) is 4.63. The van der Waals surface area contributed by atoms with Crippen LogP contribution in [0, 0.1) is 9.39 Å². The third kappa shape index (κ3) is 2.10. The Hall–Kier alpha value is -1.14. The van der Waals surface area contributed by atoms with E-state index < -0.39 is 0 Å². The van der Waals surface area contributed by atoms with Crippen molar-refractivity contribution in [3.8, 4) is 11.4 Å². The van der Waals surface area contributed by atoms with Crippen LogP contribution in [0.2, 0.25) is 5.02 Å². The van der Waals surface area contributed by atoms with Gasteiger partial charge in [-0.25, -0.2) is 9.37 Å². The second-order valence-electron chi connectivity index (χ2n) is 3.87. The number of hydrogen-bond donors (Lipinski definition) is 1. The second-order valence-corrected chi connectivity index (χ2v) is 5.47. The maximum absolute atomic E-state index is 13.1. The van der Waals surface area contributed by atoms with Gasteiger partial charge in [0.15, 0.2) is 0 Å². The molecule has 0 aliphatic carbocycles. The molecule has 0 unspecified atom stereocenters. The number of aromatic amines is 1. The molecule has 90 valence electrons. The summed E-state index contributed by atoms with van der Waals surface area (Å²) in [5, 5.41) is 0.650. The van der Waals surface area contributed by atoms with Gasteiger partial charge in [0, 0.05) is 14.2 Å². The molecule has 2 aromatic carbocycles. The summed E-state index contributed by atoms with van der Waals surface area (Å²) in [4.78, 5) is 7.55. The lowest BCUT2D eigenvalue weighted by Crippen LogP contribution is -1.84. The Morgan fingerprint density at radius 2 is 2.00 bits per heavy atom. The van der Waals surface area contributed by atoms with Gasteiger partial charge >= 0.3 is 0 Å². The molecule has 0 aliphatic heterocycles. The molecule has 3 aromatic rings. The number of nitrogens with zero attached hydrogens (tertiary/aromatic N) is 1. The lowest BCUT2D eigenvalue weighted by atomic mass is 10.2. The van der Waals surface area contributed by atoms with Crippen LogP contribution in [0.3, 0.4) is 0 Å². The van der Waals surface area contributed by atoms with Gasteiger partial charge < -0.3 is 4.98 Å². The van der Waals surface area contributed by atoms with Gasteiger partial charge in [-0.3, -0.25) is 0 Å². The van der Waals surface area contributed by atoms with Crippen molar-refractivity contribution in [1.29, 1.82) is 0 Å². The minimum Gasteiger partial charge on any atom is -0.338 e. The van der Waals surface area contributed by atoms with Crippen molar-refractivity contribution in [2.45, 2.75) is 0 Å². The number of H-pyrrole nitrogens is 1. The molecule has 5 heteroatoms. The fourth-order valence-corrected chi connectivity index (χ4v) is 2.55. The molecule has 0 fully saturated rings. The van der Waals surface area contributed by atoms with Gasteiger partial charge in [-0.1, -0.05) is 11.6 Å². The van der Waals surface area contributed by atoms with E-state index in [0.717, 1.165) is 14.7 Å². The minimum atomic E-state index is -0.279. The molecule has 0 bridgehead atoms. The zero-order chi connectivity index (χ0) is 12.7. The van der Waals surface area contributed by atoms with Crippen molar-refractivity contribution >= 4 is 45.2 Å². The molecule has 1 heterocycles. The molecular formula is C13H7ClFIN2. The Morgan fingerprint density at radius 1 is 1.17 bits per heavy atom. The number of halogens is 3. The Labute approximate surface area is 121 Å². The minimum absolute atomic E-state index is 0.279. The quantitative estimate of drug-likeness (QED) is 0.620. The molecule has 0 spiro atoms. The van der Waals surface area contributed by atoms with E-state index in [-0.39, 0.29) is 5.82 Å². The monoisotopic (exact) mass is 372 g/mol. The molecule has 0 saturated heterocycles. The van der Waals surface area contributed by atoms with Gasteiger partial charge in [0.2, 0.25) is 0 Å². The predicted molar refractivity (Wildman–Crippen MR) is 79.2 cm³/mol. The first-order valence-corrected chi connectivity index (χ1v) is 6.70. The van der Waals surface area contributed by atoms with Crippen LogP contribution in [0.1, 0.15) is 0 Å². The normalized spacial score (nSPS) is 11.1. The lowest BCUT2D eigenvalue weighted by Gasteiger charge is -2.00. The Kier molecular flexibility index (Phi) is 2.99. The number of benzene rings is 2. The maximum Gasteiger partial charge on any atom is 0.139 e. The van der Waals surface area contributed by atoms with Gasteiger partial charge in [-0.05, 0) is 59.0 Å². The molecular weight excluding hydrogens is 366 g/mol. The summed E-state index contributed by atoms with van der Waals surface area (Å²) in [6.07, 6.45) is 0.